The number of carbonyl (C=O) groups excluding carboxylic acids is 1. The summed E-state index contributed by atoms with van der Waals surface area (Å²) >= 11 is 0. The molecule has 1 heterocycles. The minimum absolute atomic E-state index is 0.120. The summed E-state index contributed by atoms with van der Waals surface area (Å²) in [7, 11) is 0. The van der Waals surface area contributed by atoms with Crippen molar-refractivity contribution < 1.29 is 9.53 Å². The molecule has 0 aromatic heterocycles. The van der Waals surface area contributed by atoms with Crippen molar-refractivity contribution in [3.63, 3.8) is 0 Å². The van der Waals surface area contributed by atoms with E-state index in [-0.39, 0.29) is 5.41 Å². The van der Waals surface area contributed by atoms with Crippen molar-refractivity contribution in [2.45, 2.75) is 299 Å². The molecule has 1 aliphatic heterocycles. The van der Waals surface area contributed by atoms with Crippen LogP contribution in [0.15, 0.2) is 0 Å². The maximum absolute atomic E-state index is 10.7. The summed E-state index contributed by atoms with van der Waals surface area (Å²) in [5.41, 5.74) is 11.9. The van der Waals surface area contributed by atoms with Crippen LogP contribution in [0.25, 0.3) is 0 Å². The van der Waals surface area contributed by atoms with Crippen molar-refractivity contribution in [3.05, 3.63) is 0 Å². The van der Waals surface area contributed by atoms with Gasteiger partial charge in [-0.15, -0.1) is 0 Å². The van der Waals surface area contributed by atoms with Crippen molar-refractivity contribution in [1.29, 1.82) is 0 Å². The number of carbonyl (C=O) groups is 1. The molecule has 1 fully saturated rings. The van der Waals surface area contributed by atoms with E-state index in [4.69, 9.17) is 16.2 Å². The highest BCUT2D eigenvalue weighted by molar-refractivity contribution is 5.57. The molecule has 7 nitrogen and oxygen atoms in total. The molecule has 75 heavy (non-hydrogen) atoms. The van der Waals surface area contributed by atoms with Crippen LogP contribution in [0.3, 0.4) is 0 Å². The van der Waals surface area contributed by atoms with E-state index in [0.29, 0.717) is 16.2 Å². The maximum Gasteiger partial charge on any atom is 0.125 e. The molecule has 4 atom stereocenters. The topological polar surface area (TPSA) is 114 Å². The highest BCUT2D eigenvalue weighted by Crippen LogP contribution is 2.29. The predicted molar refractivity (Wildman–Crippen MR) is 341 cm³/mol. The van der Waals surface area contributed by atoms with Gasteiger partial charge in [-0.25, -0.2) is 0 Å². The average molecular weight is 1070 g/mol. The summed E-state index contributed by atoms with van der Waals surface area (Å²) in [4.78, 5) is 10.7. The highest BCUT2D eigenvalue weighted by atomic mass is 16.5. The molecule has 1 saturated heterocycles. The maximum atomic E-state index is 10.7. The molecule has 0 bridgehead atoms. The first-order valence-corrected chi connectivity index (χ1v) is 32.5. The lowest BCUT2D eigenvalue weighted by atomic mass is 9.83. The van der Waals surface area contributed by atoms with Crippen LogP contribution in [0, 0.1) is 69.0 Å². The summed E-state index contributed by atoms with van der Waals surface area (Å²) in [6.07, 6.45) is 32.1. The van der Waals surface area contributed by atoms with Crippen LogP contribution in [0.2, 0.25) is 0 Å². The molecule has 1 rings (SSSR count). The average Bonchev–Trinajstić information content (AvgIpc) is 3.91. The van der Waals surface area contributed by atoms with Crippen molar-refractivity contribution >= 4 is 6.29 Å². The largest absolute Gasteiger partial charge is 0.381 e. The molecule has 1 aliphatic rings. The number of nitrogens with one attached hydrogen (secondary N) is 3. The highest BCUT2D eigenvalue weighted by Gasteiger charge is 2.22. The number of hydrogen-bond donors (Lipinski definition) is 5. The fraction of sp³-hybridized carbons (Fsp3) is 0.985. The first-order valence-electron chi connectivity index (χ1n) is 32.5. The van der Waals surface area contributed by atoms with Gasteiger partial charge in [0.25, 0.3) is 0 Å². The summed E-state index contributed by atoms with van der Waals surface area (Å²) in [6, 6.07) is 0. The van der Waals surface area contributed by atoms with Gasteiger partial charge in [-0.05, 0) is 199 Å². The fourth-order valence-corrected chi connectivity index (χ4v) is 10.2. The van der Waals surface area contributed by atoms with Gasteiger partial charge in [-0.2, -0.15) is 0 Å². The molecule has 4 unspecified atom stereocenters. The molecule has 0 saturated carbocycles. The summed E-state index contributed by atoms with van der Waals surface area (Å²) < 4.78 is 4.94. The van der Waals surface area contributed by atoms with Gasteiger partial charge in [0.2, 0.25) is 0 Å². The van der Waals surface area contributed by atoms with Gasteiger partial charge < -0.3 is 36.9 Å². The van der Waals surface area contributed by atoms with E-state index < -0.39 is 0 Å². The van der Waals surface area contributed by atoms with Gasteiger partial charge in [-0.3, -0.25) is 0 Å². The summed E-state index contributed by atoms with van der Waals surface area (Å²) in [5.74, 6) is 6.60. The van der Waals surface area contributed by atoms with Gasteiger partial charge >= 0.3 is 0 Å². The second kappa shape index (κ2) is 51.6. The van der Waals surface area contributed by atoms with E-state index in [2.05, 4.69) is 148 Å². The third-order valence-corrected chi connectivity index (χ3v) is 15.0. The van der Waals surface area contributed by atoms with E-state index in [1.807, 2.05) is 13.8 Å². The molecule has 0 amide bonds. The van der Waals surface area contributed by atoms with Crippen LogP contribution < -0.4 is 27.4 Å². The number of rotatable bonds is 42. The third kappa shape index (κ3) is 67.6. The minimum atomic E-state index is -0.120. The first-order chi connectivity index (χ1) is 35.0. The van der Waals surface area contributed by atoms with Crippen LogP contribution in [0.1, 0.15) is 299 Å². The van der Waals surface area contributed by atoms with Gasteiger partial charge in [0, 0.05) is 38.3 Å². The molecule has 0 aromatic rings. The number of unbranched alkanes of at least 4 members (excludes halogenated alkanes) is 7. The van der Waals surface area contributed by atoms with E-state index in [1.165, 1.54) is 154 Å². The number of ether oxygens (including phenoxy) is 1. The van der Waals surface area contributed by atoms with Crippen LogP contribution in [-0.4, -0.2) is 71.9 Å². The zero-order valence-electron chi connectivity index (χ0n) is 55.7. The van der Waals surface area contributed by atoms with Crippen molar-refractivity contribution in [3.8, 4) is 0 Å². The van der Waals surface area contributed by atoms with Gasteiger partial charge in [-0.1, -0.05) is 197 Å². The Morgan fingerprint density at radius 2 is 0.707 bits per heavy atom. The Balaban J connectivity index is -0.000000482. The zero-order chi connectivity index (χ0) is 58.2. The number of hydrogen-bond acceptors (Lipinski definition) is 7. The Labute approximate surface area is 475 Å². The fourth-order valence-electron chi connectivity index (χ4n) is 10.2. The van der Waals surface area contributed by atoms with Crippen molar-refractivity contribution in [2.24, 2.45) is 80.5 Å². The Bertz CT molecular complexity index is 1110. The molecule has 7 heteroatoms. The van der Waals surface area contributed by atoms with Gasteiger partial charge in [0.15, 0.2) is 0 Å². The van der Waals surface area contributed by atoms with Crippen LogP contribution in [0.5, 0.6) is 0 Å². The molecular formula is C68H147N5O2. The zero-order valence-corrected chi connectivity index (χ0v) is 55.7. The second-order valence-corrected chi connectivity index (χ2v) is 29.3. The second-order valence-electron chi connectivity index (χ2n) is 29.3. The minimum Gasteiger partial charge on any atom is -0.381 e. The first kappa shape index (κ1) is 80.9. The summed E-state index contributed by atoms with van der Waals surface area (Å²) in [6.45, 7) is 59.4. The predicted octanol–water partition coefficient (Wildman–Crippen LogP) is 18.5. The van der Waals surface area contributed by atoms with Crippen molar-refractivity contribution in [1.82, 2.24) is 16.0 Å². The quantitative estimate of drug-likeness (QED) is 0.0306. The normalized spacial score (nSPS) is 14.8. The smallest absolute Gasteiger partial charge is 0.125 e. The number of aldehydes is 1. The molecule has 7 N–H and O–H groups in total. The molecular weight excluding hydrogens is 919 g/mol. The Kier molecular flexibility index (Phi) is 55.6. The van der Waals surface area contributed by atoms with E-state index in [1.54, 1.807) is 0 Å². The molecule has 0 aromatic carbocycles. The molecule has 0 aliphatic carbocycles. The third-order valence-electron chi connectivity index (χ3n) is 15.0. The molecule has 0 radical (unpaired) electrons. The lowest BCUT2D eigenvalue weighted by Gasteiger charge is -2.27. The van der Waals surface area contributed by atoms with Gasteiger partial charge in [0.05, 0.1) is 0 Å². The van der Waals surface area contributed by atoms with Crippen LogP contribution >= 0.6 is 0 Å². The Morgan fingerprint density at radius 3 is 0.947 bits per heavy atom. The van der Waals surface area contributed by atoms with Crippen LogP contribution in [0.4, 0.5) is 0 Å². The summed E-state index contributed by atoms with van der Waals surface area (Å²) in [5, 5.41) is 11.1. The number of nitrogens with two attached hydrogens (primary N) is 2. The van der Waals surface area contributed by atoms with E-state index in [0.717, 1.165) is 119 Å². The SMILES string of the molecule is C1CCOC1.CC(C)CC(C)CCC(C)(C)C=O.CC(C)CC(C)CCC(C)(C)CNCCCCCN.CC(C)CC(C)CCC(C)(C)CNCCCCCNCC(C)(C)CCC(C)CC(C)C.CCCCCCN. The standard InChI is InChI=1S/C29H62N2.C17H38N2.C12H24O.C6H15N.C4H8O/c1-24(2)20-26(5)14-16-28(7,8)22-30-18-12-11-13-19-31-23-29(9,10)17-15-27(6)21-25(3)4;1-15(2)13-16(3)9-10-17(4,5)14-19-12-8-6-7-11-18;1-10(2)8-11(3)6-7-12(4,5)9-13;1-2-3-4-5-6-7;1-2-4-5-3-1/h24-27,30-31H,11-23H2,1-10H3;15-16,19H,6-14,18H2,1-5H3;9-11H,6-8H2,1-5H3;2-7H2,1H3;1-4H2. The molecule has 0 spiro atoms. The lowest BCUT2D eigenvalue weighted by Crippen LogP contribution is -2.31. The van der Waals surface area contributed by atoms with E-state index >= 15 is 0 Å². The lowest BCUT2D eigenvalue weighted by molar-refractivity contribution is -0.115. The van der Waals surface area contributed by atoms with Crippen LogP contribution in [-0.2, 0) is 9.53 Å². The molecule has 456 valence electrons. The Morgan fingerprint density at radius 1 is 0.427 bits per heavy atom. The Hall–Kier alpha value is -0.570. The van der Waals surface area contributed by atoms with Crippen molar-refractivity contribution in [2.75, 3.05) is 65.6 Å². The monoisotopic (exact) mass is 1070 g/mol. The van der Waals surface area contributed by atoms with E-state index in [9.17, 15) is 4.79 Å². The van der Waals surface area contributed by atoms with Gasteiger partial charge in [0.1, 0.15) is 6.29 Å².